The number of non-ortho nitro benzene ring substituents is 1. The van der Waals surface area contributed by atoms with E-state index in [2.05, 4.69) is 5.32 Å². The van der Waals surface area contributed by atoms with Gasteiger partial charge in [0.15, 0.2) is 0 Å². The molecule has 20 heavy (non-hydrogen) atoms. The Morgan fingerprint density at radius 2 is 2.15 bits per heavy atom. The molecule has 0 radical (unpaired) electrons. The summed E-state index contributed by atoms with van der Waals surface area (Å²) in [6, 6.07) is 3.09. The predicted octanol–water partition coefficient (Wildman–Crippen LogP) is 1.03. The van der Waals surface area contributed by atoms with Crippen LogP contribution in [0.15, 0.2) is 18.2 Å². The number of aryl methyl sites for hydroxylation is 1. The maximum absolute atomic E-state index is 11.8. The van der Waals surface area contributed by atoms with Crippen molar-refractivity contribution in [3.8, 4) is 0 Å². The number of carbonyl (C=O) groups excluding carboxylic acids is 1. The highest BCUT2D eigenvalue weighted by Crippen LogP contribution is 2.22. The normalized spacial score (nSPS) is 11.7. The van der Waals surface area contributed by atoms with Crippen LogP contribution in [0.4, 0.5) is 11.4 Å². The van der Waals surface area contributed by atoms with Crippen molar-refractivity contribution in [2.45, 2.75) is 25.8 Å². The zero-order chi connectivity index (χ0) is 15.3. The van der Waals surface area contributed by atoms with Gasteiger partial charge in [0.1, 0.15) is 0 Å². The zero-order valence-electron chi connectivity index (χ0n) is 10.8. The minimum atomic E-state index is -1.04. The lowest BCUT2D eigenvalue weighted by Crippen LogP contribution is -2.36. The lowest BCUT2D eigenvalue weighted by Gasteiger charge is -2.12. The number of hydrogen-bond acceptors (Lipinski definition) is 5. The average molecular weight is 281 g/mol. The van der Waals surface area contributed by atoms with E-state index < -0.39 is 22.8 Å². The summed E-state index contributed by atoms with van der Waals surface area (Å²) in [5.41, 5.74) is 6.34. The topological polar surface area (TPSA) is 136 Å². The van der Waals surface area contributed by atoms with Gasteiger partial charge in [-0.05, 0) is 18.9 Å². The third-order valence-electron chi connectivity index (χ3n) is 2.70. The van der Waals surface area contributed by atoms with Crippen LogP contribution in [0, 0.1) is 17.0 Å². The minimum Gasteiger partial charge on any atom is -0.481 e. The Kier molecular flexibility index (Phi) is 5.15. The first-order valence-electron chi connectivity index (χ1n) is 5.84. The maximum atomic E-state index is 11.8. The quantitative estimate of drug-likeness (QED) is 0.526. The Balaban J connectivity index is 2.77. The Morgan fingerprint density at radius 1 is 1.50 bits per heavy atom. The molecule has 0 aliphatic rings. The Hall–Kier alpha value is -2.48. The number of nitro benzene ring substituents is 1. The molecule has 0 aromatic heterocycles. The van der Waals surface area contributed by atoms with E-state index in [9.17, 15) is 19.7 Å². The van der Waals surface area contributed by atoms with Gasteiger partial charge in [-0.1, -0.05) is 6.07 Å². The first-order chi connectivity index (χ1) is 9.31. The number of carboxylic acid groups (broad SMARTS) is 1. The third kappa shape index (κ3) is 4.32. The summed E-state index contributed by atoms with van der Waals surface area (Å²) >= 11 is 0. The number of nitrogens with two attached hydrogens (primary N) is 1. The van der Waals surface area contributed by atoms with Crippen LogP contribution >= 0.6 is 0 Å². The Bertz CT molecular complexity index is 544. The van der Waals surface area contributed by atoms with Gasteiger partial charge < -0.3 is 16.2 Å². The van der Waals surface area contributed by atoms with Crippen molar-refractivity contribution in [2.75, 3.05) is 5.32 Å². The number of hydrogen-bond donors (Lipinski definition) is 3. The fourth-order valence-corrected chi connectivity index (χ4v) is 1.49. The van der Waals surface area contributed by atoms with Crippen molar-refractivity contribution in [1.82, 2.24) is 0 Å². The van der Waals surface area contributed by atoms with Gasteiger partial charge in [-0.15, -0.1) is 0 Å². The lowest BCUT2D eigenvalue weighted by molar-refractivity contribution is -0.384. The summed E-state index contributed by atoms with van der Waals surface area (Å²) in [7, 11) is 0. The molecule has 4 N–H and O–H groups in total. The molecule has 1 rings (SSSR count). The van der Waals surface area contributed by atoms with E-state index in [1.807, 2.05) is 0 Å². The number of anilines is 1. The average Bonchev–Trinajstić information content (AvgIpc) is 2.37. The van der Waals surface area contributed by atoms with E-state index in [1.165, 1.54) is 18.2 Å². The second kappa shape index (κ2) is 6.62. The molecule has 0 heterocycles. The highest BCUT2D eigenvalue weighted by Gasteiger charge is 2.17. The van der Waals surface area contributed by atoms with Gasteiger partial charge in [-0.2, -0.15) is 0 Å². The highest BCUT2D eigenvalue weighted by atomic mass is 16.6. The van der Waals surface area contributed by atoms with Crippen molar-refractivity contribution in [1.29, 1.82) is 0 Å². The monoisotopic (exact) mass is 281 g/mol. The maximum Gasteiger partial charge on any atom is 0.303 e. The van der Waals surface area contributed by atoms with E-state index in [1.54, 1.807) is 6.92 Å². The third-order valence-corrected chi connectivity index (χ3v) is 2.70. The molecule has 1 atom stereocenters. The number of nitrogens with zero attached hydrogens (tertiary/aromatic N) is 1. The molecular formula is C12H15N3O5. The zero-order valence-corrected chi connectivity index (χ0v) is 10.8. The molecule has 0 fully saturated rings. The van der Waals surface area contributed by atoms with Crippen molar-refractivity contribution in [3.05, 3.63) is 33.9 Å². The molecule has 1 amide bonds. The fraction of sp³-hybridized carbons (Fsp3) is 0.333. The first-order valence-corrected chi connectivity index (χ1v) is 5.84. The molecule has 1 aromatic carbocycles. The van der Waals surface area contributed by atoms with Crippen molar-refractivity contribution in [2.24, 2.45) is 5.73 Å². The number of aliphatic carboxylic acids is 1. The minimum absolute atomic E-state index is 0.00482. The van der Waals surface area contributed by atoms with Gasteiger partial charge in [-0.3, -0.25) is 19.7 Å². The Morgan fingerprint density at radius 3 is 2.70 bits per heavy atom. The van der Waals surface area contributed by atoms with E-state index >= 15 is 0 Å². The standard InChI is InChI=1S/C12H15N3O5/c1-7-2-3-8(15(19)20)6-10(7)14-12(18)9(13)4-5-11(16)17/h2-3,6,9H,4-5,13H2,1H3,(H,14,18)(H,16,17). The van der Waals surface area contributed by atoms with E-state index in [-0.39, 0.29) is 24.2 Å². The number of amides is 1. The van der Waals surface area contributed by atoms with Crippen molar-refractivity contribution in [3.63, 3.8) is 0 Å². The molecule has 0 spiro atoms. The molecule has 0 saturated heterocycles. The molecule has 108 valence electrons. The highest BCUT2D eigenvalue weighted by molar-refractivity contribution is 5.95. The number of rotatable bonds is 6. The smallest absolute Gasteiger partial charge is 0.303 e. The largest absolute Gasteiger partial charge is 0.481 e. The van der Waals surface area contributed by atoms with Crippen LogP contribution < -0.4 is 11.1 Å². The Labute approximate surface area is 114 Å². The number of carboxylic acids is 1. The summed E-state index contributed by atoms with van der Waals surface area (Å²) in [4.78, 5) is 32.3. The number of carbonyl (C=O) groups is 2. The summed E-state index contributed by atoms with van der Waals surface area (Å²) < 4.78 is 0. The van der Waals surface area contributed by atoms with Crippen LogP contribution in [0.1, 0.15) is 18.4 Å². The van der Waals surface area contributed by atoms with E-state index in [0.717, 1.165) is 0 Å². The van der Waals surface area contributed by atoms with E-state index in [4.69, 9.17) is 10.8 Å². The summed E-state index contributed by atoms with van der Waals surface area (Å²) in [5, 5.41) is 21.6. The summed E-state index contributed by atoms with van der Waals surface area (Å²) in [6.45, 7) is 1.68. The molecule has 1 aromatic rings. The van der Waals surface area contributed by atoms with Crippen molar-refractivity contribution < 1.29 is 19.6 Å². The van der Waals surface area contributed by atoms with Crippen LogP contribution in [0.2, 0.25) is 0 Å². The molecule has 0 aliphatic heterocycles. The molecular weight excluding hydrogens is 266 g/mol. The molecule has 0 saturated carbocycles. The van der Waals surface area contributed by atoms with Gasteiger partial charge in [0.25, 0.3) is 5.69 Å². The fourth-order valence-electron chi connectivity index (χ4n) is 1.49. The van der Waals surface area contributed by atoms with E-state index in [0.29, 0.717) is 5.56 Å². The predicted molar refractivity (Wildman–Crippen MR) is 71.3 cm³/mol. The van der Waals surface area contributed by atoms with Gasteiger partial charge in [0, 0.05) is 18.6 Å². The molecule has 8 heteroatoms. The molecule has 1 unspecified atom stereocenters. The summed E-state index contributed by atoms with van der Waals surface area (Å²) in [5.74, 6) is -1.62. The molecule has 0 aliphatic carbocycles. The lowest BCUT2D eigenvalue weighted by atomic mass is 10.1. The van der Waals surface area contributed by atoms with Crippen LogP contribution in [0.3, 0.4) is 0 Å². The van der Waals surface area contributed by atoms with Crippen molar-refractivity contribution >= 4 is 23.3 Å². The second-order valence-electron chi connectivity index (χ2n) is 4.28. The number of nitrogens with one attached hydrogen (secondary N) is 1. The van der Waals surface area contributed by atoms with Gasteiger partial charge in [0.2, 0.25) is 5.91 Å². The van der Waals surface area contributed by atoms with Crippen LogP contribution in [-0.4, -0.2) is 27.9 Å². The second-order valence-corrected chi connectivity index (χ2v) is 4.28. The first kappa shape index (κ1) is 15.6. The van der Waals surface area contributed by atoms with Crippen LogP contribution in [0.25, 0.3) is 0 Å². The molecule has 8 nitrogen and oxygen atoms in total. The van der Waals surface area contributed by atoms with Gasteiger partial charge in [0.05, 0.1) is 16.7 Å². The molecule has 0 bridgehead atoms. The number of benzene rings is 1. The van der Waals surface area contributed by atoms with Gasteiger partial charge in [-0.25, -0.2) is 0 Å². The SMILES string of the molecule is Cc1ccc([N+](=O)[O-])cc1NC(=O)C(N)CCC(=O)O. The van der Waals surface area contributed by atoms with Crippen LogP contribution in [0.5, 0.6) is 0 Å². The summed E-state index contributed by atoms with van der Waals surface area (Å²) in [6.07, 6.45) is -0.225. The van der Waals surface area contributed by atoms with Crippen LogP contribution in [-0.2, 0) is 9.59 Å². The number of nitro groups is 1. The van der Waals surface area contributed by atoms with Gasteiger partial charge >= 0.3 is 5.97 Å².